The maximum absolute atomic E-state index is 11.9. The van der Waals surface area contributed by atoms with Gasteiger partial charge in [-0.25, -0.2) is 0 Å². The third kappa shape index (κ3) is 2.72. The molecular weight excluding hydrogens is 276 g/mol. The fraction of sp³-hybridized carbons (Fsp3) is 0.222. The summed E-state index contributed by atoms with van der Waals surface area (Å²) in [6.45, 7) is 0. The minimum atomic E-state index is 0.0291. The van der Waals surface area contributed by atoms with Crippen LogP contribution in [0.1, 0.15) is 11.1 Å². The second kappa shape index (κ2) is 5.64. The van der Waals surface area contributed by atoms with E-state index < -0.39 is 0 Å². The number of nitrogens with one attached hydrogen (secondary N) is 1. The van der Waals surface area contributed by atoms with Crippen LogP contribution in [0.25, 0.3) is 11.1 Å². The first-order chi connectivity index (χ1) is 10.5. The Balaban J connectivity index is 1.96. The molecule has 1 N–H and O–H groups in total. The van der Waals surface area contributed by atoms with E-state index in [-0.39, 0.29) is 11.8 Å². The first-order valence-corrected chi connectivity index (χ1v) is 7.26. The summed E-state index contributed by atoms with van der Waals surface area (Å²) in [5, 5.41) is 2.87. The van der Waals surface area contributed by atoms with Crippen LogP contribution in [0.2, 0.25) is 0 Å². The van der Waals surface area contributed by atoms with Crippen molar-refractivity contribution in [2.24, 2.45) is 0 Å². The molecule has 0 aromatic heterocycles. The summed E-state index contributed by atoms with van der Waals surface area (Å²) in [7, 11) is 3.51. The smallest absolute Gasteiger partial charge is 0.228 e. The van der Waals surface area contributed by atoms with Crippen LogP contribution >= 0.6 is 0 Å². The van der Waals surface area contributed by atoms with Crippen LogP contribution in [-0.4, -0.2) is 30.8 Å². The molecular formula is C18H18N2O2. The average Bonchev–Trinajstić information content (AvgIpc) is 2.87. The predicted molar refractivity (Wildman–Crippen MR) is 86.6 cm³/mol. The summed E-state index contributed by atoms with van der Waals surface area (Å²) >= 11 is 0. The van der Waals surface area contributed by atoms with E-state index in [1.807, 2.05) is 42.5 Å². The maximum atomic E-state index is 11.9. The Morgan fingerprint density at radius 1 is 1.18 bits per heavy atom. The van der Waals surface area contributed by atoms with Crippen LogP contribution in [0.15, 0.2) is 42.5 Å². The van der Waals surface area contributed by atoms with Crippen LogP contribution in [0, 0.1) is 0 Å². The van der Waals surface area contributed by atoms with Gasteiger partial charge in [0.1, 0.15) is 0 Å². The molecule has 2 aromatic carbocycles. The molecule has 0 fully saturated rings. The number of carbonyl (C=O) groups is 2. The highest BCUT2D eigenvalue weighted by Crippen LogP contribution is 2.33. The Bertz CT molecular complexity index is 751. The third-order valence-electron chi connectivity index (χ3n) is 3.88. The molecule has 1 aliphatic heterocycles. The minimum absolute atomic E-state index is 0.0291. The van der Waals surface area contributed by atoms with E-state index in [9.17, 15) is 9.59 Å². The van der Waals surface area contributed by atoms with Crippen LogP contribution in [0.4, 0.5) is 5.69 Å². The Hall–Kier alpha value is -2.62. The van der Waals surface area contributed by atoms with Gasteiger partial charge in [0.05, 0.1) is 12.8 Å². The van der Waals surface area contributed by atoms with Crippen molar-refractivity contribution in [3.8, 4) is 11.1 Å². The monoisotopic (exact) mass is 294 g/mol. The molecule has 1 heterocycles. The molecule has 0 aliphatic carbocycles. The van der Waals surface area contributed by atoms with E-state index in [1.165, 1.54) is 0 Å². The molecule has 3 rings (SSSR count). The fourth-order valence-corrected chi connectivity index (χ4v) is 2.70. The van der Waals surface area contributed by atoms with E-state index >= 15 is 0 Å². The van der Waals surface area contributed by atoms with Gasteiger partial charge in [-0.15, -0.1) is 0 Å². The number of benzene rings is 2. The van der Waals surface area contributed by atoms with E-state index in [0.717, 1.165) is 27.9 Å². The minimum Gasteiger partial charge on any atom is -0.349 e. The van der Waals surface area contributed by atoms with Gasteiger partial charge in [-0.2, -0.15) is 0 Å². The topological polar surface area (TPSA) is 49.4 Å². The van der Waals surface area contributed by atoms with Crippen LogP contribution in [0.5, 0.6) is 0 Å². The second-order valence-corrected chi connectivity index (χ2v) is 5.72. The molecule has 0 unspecified atom stereocenters. The van der Waals surface area contributed by atoms with Crippen molar-refractivity contribution in [1.29, 1.82) is 0 Å². The molecule has 4 heteroatoms. The largest absolute Gasteiger partial charge is 0.349 e. The number of anilines is 1. The lowest BCUT2D eigenvalue weighted by Gasteiger charge is -2.12. The van der Waals surface area contributed by atoms with Gasteiger partial charge < -0.3 is 10.2 Å². The fourth-order valence-electron chi connectivity index (χ4n) is 2.70. The number of hydrogen-bond acceptors (Lipinski definition) is 2. The highest BCUT2D eigenvalue weighted by atomic mass is 16.2. The van der Waals surface area contributed by atoms with Gasteiger partial charge in [-0.1, -0.05) is 36.4 Å². The Morgan fingerprint density at radius 2 is 1.95 bits per heavy atom. The number of likely N-dealkylation sites (N-methyl/N-ethyl adjacent to an activating group) is 1. The molecule has 0 saturated carbocycles. The van der Waals surface area contributed by atoms with Crippen molar-refractivity contribution < 1.29 is 9.59 Å². The summed E-state index contributed by atoms with van der Waals surface area (Å²) in [5.74, 6) is 0.105. The highest BCUT2D eigenvalue weighted by Gasteiger charge is 2.21. The van der Waals surface area contributed by atoms with Crippen LogP contribution in [0.3, 0.4) is 0 Å². The second-order valence-electron chi connectivity index (χ2n) is 5.72. The molecule has 0 atom stereocenters. The van der Waals surface area contributed by atoms with Crippen molar-refractivity contribution in [3.05, 3.63) is 53.6 Å². The lowest BCUT2D eigenvalue weighted by atomic mass is 9.96. The number of amides is 2. The van der Waals surface area contributed by atoms with Crippen molar-refractivity contribution in [1.82, 2.24) is 4.90 Å². The summed E-state index contributed by atoms with van der Waals surface area (Å²) in [6.07, 6.45) is 0.791. The Morgan fingerprint density at radius 3 is 2.73 bits per heavy atom. The van der Waals surface area contributed by atoms with Crippen molar-refractivity contribution in [2.75, 3.05) is 19.4 Å². The van der Waals surface area contributed by atoms with Gasteiger partial charge in [-0.05, 0) is 28.3 Å². The molecule has 4 nitrogen and oxygen atoms in total. The van der Waals surface area contributed by atoms with Crippen molar-refractivity contribution in [2.45, 2.75) is 12.8 Å². The first kappa shape index (κ1) is 14.3. The summed E-state index contributed by atoms with van der Waals surface area (Å²) < 4.78 is 0. The van der Waals surface area contributed by atoms with Gasteiger partial charge in [0.25, 0.3) is 0 Å². The van der Waals surface area contributed by atoms with E-state index in [1.54, 1.807) is 19.0 Å². The maximum Gasteiger partial charge on any atom is 0.228 e. The molecule has 2 amide bonds. The molecule has 0 spiro atoms. The molecule has 112 valence electrons. The lowest BCUT2D eigenvalue weighted by molar-refractivity contribution is -0.128. The molecule has 22 heavy (non-hydrogen) atoms. The molecule has 1 aliphatic rings. The quantitative estimate of drug-likeness (QED) is 0.945. The van der Waals surface area contributed by atoms with Gasteiger partial charge in [0.15, 0.2) is 0 Å². The third-order valence-corrected chi connectivity index (χ3v) is 3.88. The Labute approximate surface area is 129 Å². The highest BCUT2D eigenvalue weighted by molar-refractivity contribution is 6.01. The number of rotatable bonds is 3. The van der Waals surface area contributed by atoms with Gasteiger partial charge in [0.2, 0.25) is 11.8 Å². The molecule has 0 bridgehead atoms. The number of fused-ring (bicyclic) bond motifs is 1. The van der Waals surface area contributed by atoms with Crippen molar-refractivity contribution >= 4 is 17.5 Å². The SMILES string of the molecule is CN(C)C(=O)Cc1cccc(-c2cccc3c2CC(=O)N3)c1. The zero-order valence-corrected chi connectivity index (χ0v) is 12.7. The molecule has 0 radical (unpaired) electrons. The van der Waals surface area contributed by atoms with Crippen LogP contribution in [-0.2, 0) is 22.4 Å². The Kier molecular flexibility index (Phi) is 3.67. The van der Waals surface area contributed by atoms with E-state index in [0.29, 0.717) is 12.8 Å². The summed E-state index contributed by atoms with van der Waals surface area (Å²) in [5.41, 5.74) is 4.99. The number of nitrogens with zero attached hydrogens (tertiary/aromatic N) is 1. The predicted octanol–water partition coefficient (Wildman–Crippen LogP) is 2.48. The first-order valence-electron chi connectivity index (χ1n) is 7.26. The normalized spacial score (nSPS) is 12.7. The summed E-state index contributed by atoms with van der Waals surface area (Å²) in [4.78, 5) is 25.1. The standard InChI is InChI=1S/C18H18N2O2/c1-20(2)18(22)10-12-5-3-6-13(9-12)14-7-4-8-16-15(14)11-17(21)19-16/h3-9H,10-11H2,1-2H3,(H,19,21). The van der Waals surface area contributed by atoms with Gasteiger partial charge in [-0.3, -0.25) is 9.59 Å². The van der Waals surface area contributed by atoms with E-state index in [4.69, 9.17) is 0 Å². The van der Waals surface area contributed by atoms with Crippen LogP contribution < -0.4 is 5.32 Å². The van der Waals surface area contributed by atoms with E-state index in [2.05, 4.69) is 5.32 Å². The molecule has 0 saturated heterocycles. The van der Waals surface area contributed by atoms with Gasteiger partial charge >= 0.3 is 0 Å². The average molecular weight is 294 g/mol. The van der Waals surface area contributed by atoms with Crippen molar-refractivity contribution in [3.63, 3.8) is 0 Å². The molecule has 2 aromatic rings. The number of carbonyl (C=O) groups excluding carboxylic acids is 2. The lowest BCUT2D eigenvalue weighted by Crippen LogP contribution is -2.23. The summed E-state index contributed by atoms with van der Waals surface area (Å²) in [6, 6.07) is 13.8. The van der Waals surface area contributed by atoms with Gasteiger partial charge in [0, 0.05) is 19.8 Å². The zero-order valence-electron chi connectivity index (χ0n) is 12.7. The number of hydrogen-bond donors (Lipinski definition) is 1. The zero-order chi connectivity index (χ0) is 15.7.